The van der Waals surface area contributed by atoms with Crippen molar-refractivity contribution in [1.82, 2.24) is 15.5 Å². The van der Waals surface area contributed by atoms with Crippen molar-refractivity contribution in [2.24, 2.45) is 5.92 Å². The molecule has 2 aromatic rings. The van der Waals surface area contributed by atoms with Crippen LogP contribution >= 0.6 is 0 Å². The van der Waals surface area contributed by atoms with Crippen molar-refractivity contribution in [3.05, 3.63) is 48.3 Å². The second-order valence-corrected chi connectivity index (χ2v) is 6.22. The van der Waals surface area contributed by atoms with E-state index in [9.17, 15) is 14.4 Å². The fourth-order valence-electron chi connectivity index (χ4n) is 2.89. The number of nitrogens with one attached hydrogen (secondary N) is 2. The van der Waals surface area contributed by atoms with E-state index in [1.165, 1.54) is 18.8 Å². The number of likely N-dealkylation sites (tertiary alicyclic amines) is 1. The molecule has 26 heavy (non-hydrogen) atoms. The van der Waals surface area contributed by atoms with Gasteiger partial charge in [-0.25, -0.2) is 0 Å². The highest BCUT2D eigenvalue weighted by atomic mass is 16.3. The molecule has 0 spiro atoms. The second kappa shape index (κ2) is 8.37. The Bertz CT molecular complexity index is 731. The predicted molar refractivity (Wildman–Crippen MR) is 90.9 cm³/mol. The van der Waals surface area contributed by atoms with E-state index in [1.54, 1.807) is 23.1 Å². The fraction of sp³-hybridized carbons (Fsp3) is 0.389. The number of carbonyl (C=O) groups is 3. The summed E-state index contributed by atoms with van der Waals surface area (Å²) in [5.74, 6) is -0.563. The van der Waals surface area contributed by atoms with E-state index >= 15 is 0 Å². The molecular weight excluding hydrogens is 338 g/mol. The van der Waals surface area contributed by atoms with Crippen LogP contribution in [0.1, 0.15) is 29.0 Å². The highest BCUT2D eigenvalue weighted by Crippen LogP contribution is 2.18. The SMILES string of the molecule is O=C(NCc1ccco1)C(=O)NCC1CCN(C(=O)c2ccoc2)CC1. The van der Waals surface area contributed by atoms with E-state index in [0.29, 0.717) is 31.0 Å². The molecule has 0 aliphatic carbocycles. The predicted octanol–water partition coefficient (Wildman–Crippen LogP) is 1.16. The van der Waals surface area contributed by atoms with Gasteiger partial charge in [-0.2, -0.15) is 0 Å². The quantitative estimate of drug-likeness (QED) is 0.780. The van der Waals surface area contributed by atoms with Gasteiger partial charge < -0.3 is 24.4 Å². The first-order valence-electron chi connectivity index (χ1n) is 8.53. The molecule has 1 aliphatic rings. The zero-order valence-electron chi connectivity index (χ0n) is 14.3. The Hall–Kier alpha value is -3.03. The number of nitrogens with zero attached hydrogens (tertiary/aromatic N) is 1. The van der Waals surface area contributed by atoms with Gasteiger partial charge in [-0.1, -0.05) is 0 Å². The summed E-state index contributed by atoms with van der Waals surface area (Å²) in [5, 5.41) is 5.16. The number of carbonyl (C=O) groups excluding carboxylic acids is 3. The molecule has 0 unspecified atom stereocenters. The third kappa shape index (κ3) is 4.53. The van der Waals surface area contributed by atoms with Crippen molar-refractivity contribution in [1.29, 1.82) is 0 Å². The molecule has 8 heteroatoms. The highest BCUT2D eigenvalue weighted by molar-refractivity contribution is 6.35. The molecule has 2 N–H and O–H groups in total. The molecular formula is C18H21N3O5. The summed E-state index contributed by atoms with van der Waals surface area (Å²) >= 11 is 0. The van der Waals surface area contributed by atoms with Crippen molar-refractivity contribution in [3.8, 4) is 0 Å². The molecule has 0 atom stereocenters. The molecule has 2 aromatic heterocycles. The monoisotopic (exact) mass is 359 g/mol. The first-order valence-corrected chi connectivity index (χ1v) is 8.53. The van der Waals surface area contributed by atoms with Gasteiger partial charge >= 0.3 is 11.8 Å². The average Bonchev–Trinajstić information content (AvgIpc) is 3.37. The van der Waals surface area contributed by atoms with Crippen LogP contribution in [0.3, 0.4) is 0 Å². The van der Waals surface area contributed by atoms with Gasteiger partial charge in [0.05, 0.1) is 24.6 Å². The first kappa shape index (κ1) is 17.8. The van der Waals surface area contributed by atoms with Crippen LogP contribution in [-0.4, -0.2) is 42.3 Å². The molecule has 1 aliphatic heterocycles. The smallest absolute Gasteiger partial charge is 0.309 e. The normalized spacial score (nSPS) is 14.8. The summed E-state index contributed by atoms with van der Waals surface area (Å²) in [6.07, 6.45) is 5.98. The Morgan fingerprint density at radius 1 is 1.08 bits per heavy atom. The van der Waals surface area contributed by atoms with Gasteiger partial charge in [-0.15, -0.1) is 0 Å². The summed E-state index contributed by atoms with van der Waals surface area (Å²) in [5.41, 5.74) is 0.546. The van der Waals surface area contributed by atoms with Gasteiger partial charge in [-0.05, 0) is 37.0 Å². The molecule has 1 fully saturated rings. The summed E-state index contributed by atoms with van der Waals surface area (Å²) in [6.45, 7) is 1.83. The molecule has 3 rings (SSSR count). The standard InChI is InChI=1S/C18H21N3O5/c22-16(17(23)20-11-15-2-1-8-26-15)19-10-13-3-6-21(7-4-13)18(24)14-5-9-25-12-14/h1-2,5,8-9,12-13H,3-4,6-7,10-11H2,(H,19,22)(H,20,23). The summed E-state index contributed by atoms with van der Waals surface area (Å²) in [4.78, 5) is 37.6. The number of furan rings is 2. The minimum Gasteiger partial charge on any atom is -0.472 e. The number of hydrogen-bond donors (Lipinski definition) is 2. The van der Waals surface area contributed by atoms with Crippen molar-refractivity contribution in [2.45, 2.75) is 19.4 Å². The van der Waals surface area contributed by atoms with Crippen LogP contribution in [0.25, 0.3) is 0 Å². The number of amides is 3. The minimum atomic E-state index is -0.686. The zero-order chi connectivity index (χ0) is 18.4. The number of rotatable bonds is 5. The maximum Gasteiger partial charge on any atom is 0.309 e. The summed E-state index contributed by atoms with van der Waals surface area (Å²) < 4.78 is 10.0. The highest BCUT2D eigenvalue weighted by Gasteiger charge is 2.25. The van der Waals surface area contributed by atoms with Crippen molar-refractivity contribution >= 4 is 17.7 Å². The van der Waals surface area contributed by atoms with Crippen molar-refractivity contribution in [3.63, 3.8) is 0 Å². The Morgan fingerprint density at radius 2 is 1.85 bits per heavy atom. The van der Waals surface area contributed by atoms with Gasteiger partial charge in [-0.3, -0.25) is 14.4 Å². The van der Waals surface area contributed by atoms with Gasteiger partial charge in [0.25, 0.3) is 5.91 Å². The van der Waals surface area contributed by atoms with Crippen molar-refractivity contribution in [2.75, 3.05) is 19.6 Å². The average molecular weight is 359 g/mol. The van der Waals surface area contributed by atoms with Crippen LogP contribution in [0.5, 0.6) is 0 Å². The fourth-order valence-corrected chi connectivity index (χ4v) is 2.89. The molecule has 0 radical (unpaired) electrons. The maximum absolute atomic E-state index is 12.2. The first-order chi connectivity index (χ1) is 12.6. The topological polar surface area (TPSA) is 105 Å². The maximum atomic E-state index is 12.2. The molecule has 1 saturated heterocycles. The van der Waals surface area contributed by atoms with E-state index in [2.05, 4.69) is 10.6 Å². The van der Waals surface area contributed by atoms with E-state index < -0.39 is 11.8 Å². The molecule has 3 heterocycles. The lowest BCUT2D eigenvalue weighted by atomic mass is 9.96. The second-order valence-electron chi connectivity index (χ2n) is 6.22. The summed E-state index contributed by atoms with van der Waals surface area (Å²) in [7, 11) is 0. The molecule has 0 aromatic carbocycles. The zero-order valence-corrected chi connectivity index (χ0v) is 14.3. The lowest BCUT2D eigenvalue weighted by molar-refractivity contribution is -0.139. The van der Waals surface area contributed by atoms with Gasteiger partial charge in [0, 0.05) is 19.6 Å². The minimum absolute atomic E-state index is 0.0430. The largest absolute Gasteiger partial charge is 0.472 e. The lowest BCUT2D eigenvalue weighted by Gasteiger charge is -2.31. The molecule has 0 saturated carbocycles. The number of hydrogen-bond acceptors (Lipinski definition) is 5. The molecule has 0 bridgehead atoms. The van der Waals surface area contributed by atoms with Gasteiger partial charge in [0.2, 0.25) is 0 Å². The Labute approximate surface area is 150 Å². The number of piperidine rings is 1. The van der Waals surface area contributed by atoms with Crippen LogP contribution in [0.15, 0.2) is 45.8 Å². The van der Waals surface area contributed by atoms with Crippen LogP contribution in [0.2, 0.25) is 0 Å². The Kier molecular flexibility index (Phi) is 5.73. The van der Waals surface area contributed by atoms with E-state index in [1.807, 2.05) is 0 Å². The van der Waals surface area contributed by atoms with Crippen molar-refractivity contribution < 1.29 is 23.2 Å². The van der Waals surface area contributed by atoms with Gasteiger partial charge in [0.15, 0.2) is 0 Å². The third-order valence-electron chi connectivity index (χ3n) is 4.43. The van der Waals surface area contributed by atoms with E-state index in [4.69, 9.17) is 8.83 Å². The molecule has 138 valence electrons. The van der Waals surface area contributed by atoms with Crippen LogP contribution in [-0.2, 0) is 16.1 Å². The van der Waals surface area contributed by atoms with Crippen LogP contribution in [0, 0.1) is 5.92 Å². The summed E-state index contributed by atoms with van der Waals surface area (Å²) in [6, 6.07) is 5.08. The Balaban J connectivity index is 1.36. The van der Waals surface area contributed by atoms with E-state index in [0.717, 1.165) is 12.8 Å². The molecule has 3 amide bonds. The van der Waals surface area contributed by atoms with Crippen LogP contribution < -0.4 is 10.6 Å². The van der Waals surface area contributed by atoms with Crippen LogP contribution in [0.4, 0.5) is 0 Å². The third-order valence-corrected chi connectivity index (χ3v) is 4.43. The Morgan fingerprint density at radius 3 is 2.50 bits per heavy atom. The van der Waals surface area contributed by atoms with E-state index in [-0.39, 0.29) is 18.4 Å². The lowest BCUT2D eigenvalue weighted by Crippen LogP contribution is -2.44. The van der Waals surface area contributed by atoms with Gasteiger partial charge in [0.1, 0.15) is 12.0 Å². The molecule has 8 nitrogen and oxygen atoms in total.